The molecule has 9 heteroatoms. The van der Waals surface area contributed by atoms with Crippen molar-refractivity contribution in [2.24, 2.45) is 5.10 Å². The molecule has 0 saturated carbocycles. The summed E-state index contributed by atoms with van der Waals surface area (Å²) >= 11 is 6.16. The fourth-order valence-electron chi connectivity index (χ4n) is 2.30. The van der Waals surface area contributed by atoms with Gasteiger partial charge in [-0.1, -0.05) is 29.3 Å². The summed E-state index contributed by atoms with van der Waals surface area (Å²) in [7, 11) is -2.56. The molecular formula is C19H22ClN3O4S. The number of methoxy groups -OCH3 is 1. The molecule has 0 atom stereocenters. The molecule has 0 radical (unpaired) electrons. The monoisotopic (exact) mass is 423 g/mol. The van der Waals surface area contributed by atoms with Crippen LogP contribution in [0.5, 0.6) is 5.75 Å². The molecule has 0 heterocycles. The summed E-state index contributed by atoms with van der Waals surface area (Å²) in [6.07, 6.45) is 0. The van der Waals surface area contributed by atoms with Gasteiger partial charge in [-0.25, -0.2) is 13.8 Å². The van der Waals surface area contributed by atoms with Gasteiger partial charge in [0.2, 0.25) is 0 Å². The van der Waals surface area contributed by atoms with E-state index in [-0.39, 0.29) is 15.6 Å². The minimum Gasteiger partial charge on any atom is -0.495 e. The number of hydrogen-bond donors (Lipinski definition) is 1. The minimum atomic E-state index is -4.02. The Morgan fingerprint density at radius 1 is 1.18 bits per heavy atom. The highest BCUT2D eigenvalue weighted by Gasteiger charge is 2.27. The molecule has 0 aromatic heterocycles. The van der Waals surface area contributed by atoms with Crippen molar-refractivity contribution >= 4 is 38.9 Å². The number of sulfonamides is 1. The molecule has 0 saturated heterocycles. The number of nitrogens with zero attached hydrogens (tertiary/aromatic N) is 2. The lowest BCUT2D eigenvalue weighted by Gasteiger charge is -2.24. The summed E-state index contributed by atoms with van der Waals surface area (Å²) in [6, 6.07) is 10.9. The van der Waals surface area contributed by atoms with E-state index in [1.54, 1.807) is 32.0 Å². The second-order valence-electron chi connectivity index (χ2n) is 6.24. The molecule has 1 N–H and O–H groups in total. The van der Waals surface area contributed by atoms with Gasteiger partial charge in [0.15, 0.2) is 0 Å². The lowest BCUT2D eigenvalue weighted by atomic mass is 10.2. The maximum Gasteiger partial charge on any atom is 0.264 e. The van der Waals surface area contributed by atoms with Crippen molar-refractivity contribution in [2.75, 3.05) is 18.0 Å². The van der Waals surface area contributed by atoms with Crippen LogP contribution in [-0.4, -0.2) is 33.7 Å². The van der Waals surface area contributed by atoms with Gasteiger partial charge in [-0.05, 0) is 51.1 Å². The van der Waals surface area contributed by atoms with Crippen molar-refractivity contribution in [3.05, 3.63) is 53.1 Å². The number of rotatable bonds is 7. The maximum atomic E-state index is 13.2. The first kappa shape index (κ1) is 21.7. The summed E-state index contributed by atoms with van der Waals surface area (Å²) < 4.78 is 32.5. The van der Waals surface area contributed by atoms with Crippen molar-refractivity contribution in [1.29, 1.82) is 0 Å². The van der Waals surface area contributed by atoms with Crippen molar-refractivity contribution in [1.82, 2.24) is 5.43 Å². The number of hydrazone groups is 1. The summed E-state index contributed by atoms with van der Waals surface area (Å²) in [6.45, 7) is 4.82. The number of aryl methyl sites for hydroxylation is 1. The van der Waals surface area contributed by atoms with E-state index in [4.69, 9.17) is 16.3 Å². The largest absolute Gasteiger partial charge is 0.495 e. The molecule has 0 aliphatic heterocycles. The van der Waals surface area contributed by atoms with E-state index in [1.807, 2.05) is 6.92 Å². The molecule has 0 bridgehead atoms. The van der Waals surface area contributed by atoms with Gasteiger partial charge in [0, 0.05) is 5.71 Å². The number of halogens is 1. The van der Waals surface area contributed by atoms with Crippen molar-refractivity contribution in [3.63, 3.8) is 0 Å². The van der Waals surface area contributed by atoms with Crippen LogP contribution >= 0.6 is 11.6 Å². The number of carbonyl (C=O) groups excluding carboxylic acids is 1. The molecule has 7 nitrogen and oxygen atoms in total. The third-order valence-electron chi connectivity index (χ3n) is 3.72. The highest BCUT2D eigenvalue weighted by atomic mass is 35.5. The van der Waals surface area contributed by atoms with Crippen LogP contribution in [0.25, 0.3) is 0 Å². The predicted molar refractivity (Wildman–Crippen MR) is 111 cm³/mol. The van der Waals surface area contributed by atoms with Gasteiger partial charge >= 0.3 is 0 Å². The van der Waals surface area contributed by atoms with E-state index in [1.165, 1.54) is 31.4 Å². The number of ether oxygens (including phenoxy) is 1. The first-order valence-corrected chi connectivity index (χ1v) is 10.2. The first-order chi connectivity index (χ1) is 13.1. The lowest BCUT2D eigenvalue weighted by Crippen LogP contribution is -2.39. The van der Waals surface area contributed by atoms with E-state index in [2.05, 4.69) is 10.5 Å². The quantitative estimate of drug-likeness (QED) is 0.546. The molecule has 0 unspecified atom stereocenters. The Hall–Kier alpha value is -2.58. The minimum absolute atomic E-state index is 0.0630. The SMILES string of the molecule is COc1ccc(N(CC(=O)NN=C(C)C)S(=O)(=O)c2ccc(C)cc2)cc1Cl. The van der Waals surface area contributed by atoms with Crippen molar-refractivity contribution < 1.29 is 17.9 Å². The number of amides is 1. The average molecular weight is 424 g/mol. The number of anilines is 1. The fourth-order valence-corrected chi connectivity index (χ4v) is 3.97. The van der Waals surface area contributed by atoms with Crippen LogP contribution in [0.3, 0.4) is 0 Å². The van der Waals surface area contributed by atoms with Gasteiger partial charge in [0.25, 0.3) is 15.9 Å². The molecule has 2 rings (SSSR count). The topological polar surface area (TPSA) is 88.1 Å². The molecule has 0 aliphatic rings. The highest BCUT2D eigenvalue weighted by Crippen LogP contribution is 2.31. The molecule has 2 aromatic carbocycles. The number of nitrogens with one attached hydrogen (secondary N) is 1. The Kier molecular flexibility index (Phi) is 7.04. The zero-order valence-electron chi connectivity index (χ0n) is 16.1. The van der Waals surface area contributed by atoms with Gasteiger partial charge in [-0.3, -0.25) is 9.10 Å². The van der Waals surface area contributed by atoms with Gasteiger partial charge in [-0.2, -0.15) is 5.10 Å². The summed E-state index contributed by atoms with van der Waals surface area (Å²) in [5, 5.41) is 4.06. The fraction of sp³-hybridized carbons (Fsp3) is 0.263. The predicted octanol–water partition coefficient (Wildman–Crippen LogP) is 3.36. The lowest BCUT2D eigenvalue weighted by molar-refractivity contribution is -0.119. The van der Waals surface area contributed by atoms with E-state index >= 15 is 0 Å². The third kappa shape index (κ3) is 5.24. The average Bonchev–Trinajstić information content (AvgIpc) is 2.64. The van der Waals surface area contributed by atoms with Gasteiger partial charge in [0.1, 0.15) is 12.3 Å². The highest BCUT2D eigenvalue weighted by molar-refractivity contribution is 7.92. The molecule has 2 aromatic rings. The van der Waals surface area contributed by atoms with Crippen LogP contribution in [0.4, 0.5) is 5.69 Å². The Labute approximate surface area is 170 Å². The summed E-state index contributed by atoms with van der Waals surface area (Å²) in [5.41, 5.74) is 4.13. The smallest absolute Gasteiger partial charge is 0.264 e. The second-order valence-corrected chi connectivity index (χ2v) is 8.51. The molecule has 28 heavy (non-hydrogen) atoms. The summed E-state index contributed by atoms with van der Waals surface area (Å²) in [5.74, 6) is -0.183. The van der Waals surface area contributed by atoms with E-state index in [0.29, 0.717) is 11.5 Å². The Morgan fingerprint density at radius 3 is 2.36 bits per heavy atom. The van der Waals surface area contributed by atoms with Crippen LogP contribution < -0.4 is 14.5 Å². The molecule has 150 valence electrons. The number of carbonyl (C=O) groups is 1. The number of benzene rings is 2. The van der Waals surface area contributed by atoms with Crippen LogP contribution in [0, 0.1) is 6.92 Å². The number of hydrogen-bond acceptors (Lipinski definition) is 5. The zero-order chi connectivity index (χ0) is 20.9. The van der Waals surface area contributed by atoms with Gasteiger partial charge in [-0.15, -0.1) is 0 Å². The molecule has 0 aliphatic carbocycles. The Morgan fingerprint density at radius 2 is 1.82 bits per heavy atom. The Balaban J connectivity index is 2.49. The van der Waals surface area contributed by atoms with E-state index in [0.717, 1.165) is 9.87 Å². The first-order valence-electron chi connectivity index (χ1n) is 8.38. The second kappa shape index (κ2) is 9.07. The Bertz CT molecular complexity index is 985. The molecular weight excluding hydrogens is 402 g/mol. The molecule has 1 amide bonds. The standard InChI is InChI=1S/C19H22ClN3O4S/c1-13(2)21-22-19(24)12-23(15-7-10-18(27-4)17(20)11-15)28(25,26)16-8-5-14(3)6-9-16/h5-11H,12H2,1-4H3,(H,22,24). The van der Waals surface area contributed by atoms with Crippen LogP contribution in [-0.2, 0) is 14.8 Å². The van der Waals surface area contributed by atoms with Crippen LogP contribution in [0.2, 0.25) is 5.02 Å². The molecule has 0 spiro atoms. The molecule has 0 fully saturated rings. The van der Waals surface area contributed by atoms with Crippen LogP contribution in [0.1, 0.15) is 19.4 Å². The van der Waals surface area contributed by atoms with E-state index < -0.39 is 22.5 Å². The van der Waals surface area contributed by atoms with E-state index in [9.17, 15) is 13.2 Å². The van der Waals surface area contributed by atoms with Crippen molar-refractivity contribution in [3.8, 4) is 5.75 Å². The van der Waals surface area contributed by atoms with Crippen molar-refractivity contribution in [2.45, 2.75) is 25.7 Å². The normalized spacial score (nSPS) is 10.9. The van der Waals surface area contributed by atoms with Gasteiger partial charge < -0.3 is 4.74 Å². The summed E-state index contributed by atoms with van der Waals surface area (Å²) in [4.78, 5) is 12.4. The van der Waals surface area contributed by atoms with Crippen LogP contribution in [0.15, 0.2) is 52.5 Å². The third-order valence-corrected chi connectivity index (χ3v) is 5.81. The van der Waals surface area contributed by atoms with Gasteiger partial charge in [0.05, 0.1) is 22.7 Å². The maximum absolute atomic E-state index is 13.2. The zero-order valence-corrected chi connectivity index (χ0v) is 17.6.